The zero-order valence-electron chi connectivity index (χ0n) is 9.97. The zero-order valence-corrected chi connectivity index (χ0v) is 9.97. The van der Waals surface area contributed by atoms with Gasteiger partial charge in [-0.15, -0.1) is 0 Å². The number of aliphatic hydroxyl groups is 1. The summed E-state index contributed by atoms with van der Waals surface area (Å²) in [5.41, 5.74) is 1.90. The van der Waals surface area contributed by atoms with Crippen LogP contribution in [0, 0.1) is 5.92 Å². The van der Waals surface area contributed by atoms with Crippen molar-refractivity contribution in [1.82, 2.24) is 14.9 Å². The number of nitrogens with zero attached hydrogens (tertiary/aromatic N) is 2. The van der Waals surface area contributed by atoms with E-state index in [9.17, 15) is 4.79 Å². The highest BCUT2D eigenvalue weighted by molar-refractivity contribution is 5.79. The molecular formula is C13H15N3O2. The number of H-pyrrole nitrogens is 1. The summed E-state index contributed by atoms with van der Waals surface area (Å²) in [6.07, 6.45) is 0.441. The Balaban J connectivity index is 1.78. The first-order valence-corrected chi connectivity index (χ1v) is 6.08. The predicted octanol–water partition coefficient (Wildman–Crippen LogP) is 0.904. The summed E-state index contributed by atoms with van der Waals surface area (Å²) < 4.78 is 0. The Morgan fingerprint density at radius 3 is 3.00 bits per heavy atom. The van der Waals surface area contributed by atoms with E-state index in [0.29, 0.717) is 19.5 Å². The molecule has 0 aliphatic carbocycles. The topological polar surface area (TPSA) is 69.2 Å². The van der Waals surface area contributed by atoms with E-state index in [0.717, 1.165) is 16.9 Å². The van der Waals surface area contributed by atoms with Crippen molar-refractivity contribution in [1.29, 1.82) is 0 Å². The van der Waals surface area contributed by atoms with E-state index in [1.165, 1.54) is 0 Å². The molecular weight excluding hydrogens is 230 g/mol. The van der Waals surface area contributed by atoms with Crippen LogP contribution in [0.15, 0.2) is 24.3 Å². The Bertz CT molecular complexity index is 545. The maximum atomic E-state index is 11.7. The van der Waals surface area contributed by atoms with Gasteiger partial charge in [-0.25, -0.2) is 4.98 Å². The molecule has 2 aromatic rings. The number of aromatic amines is 1. The number of carbonyl (C=O) groups is 1. The fourth-order valence-electron chi connectivity index (χ4n) is 2.39. The summed E-state index contributed by atoms with van der Waals surface area (Å²) in [6, 6.07) is 7.80. The largest absolute Gasteiger partial charge is 0.396 e. The lowest BCUT2D eigenvalue weighted by molar-refractivity contribution is -0.128. The summed E-state index contributed by atoms with van der Waals surface area (Å²) in [7, 11) is 0. The summed E-state index contributed by atoms with van der Waals surface area (Å²) in [4.78, 5) is 21.1. The third kappa shape index (κ3) is 1.97. The van der Waals surface area contributed by atoms with Gasteiger partial charge >= 0.3 is 0 Å². The van der Waals surface area contributed by atoms with Crippen molar-refractivity contribution in [2.45, 2.75) is 13.0 Å². The number of para-hydroxylation sites is 2. The lowest BCUT2D eigenvalue weighted by atomic mass is 10.1. The van der Waals surface area contributed by atoms with E-state index < -0.39 is 0 Å². The van der Waals surface area contributed by atoms with Crippen LogP contribution in [-0.4, -0.2) is 39.0 Å². The van der Waals surface area contributed by atoms with Crippen molar-refractivity contribution in [2.75, 3.05) is 13.2 Å². The van der Waals surface area contributed by atoms with Gasteiger partial charge in [-0.1, -0.05) is 12.1 Å². The number of fused-ring (bicyclic) bond motifs is 1. The molecule has 1 aromatic carbocycles. The fourth-order valence-corrected chi connectivity index (χ4v) is 2.39. The standard InChI is InChI=1S/C13H15N3O2/c17-8-9-5-13(18)16(6-9)7-12-14-10-3-1-2-4-11(10)15-12/h1-4,9,17H,5-8H2,(H,14,15). The molecule has 1 saturated heterocycles. The molecule has 2 heterocycles. The molecule has 94 valence electrons. The maximum Gasteiger partial charge on any atom is 0.223 e. The summed E-state index contributed by atoms with van der Waals surface area (Å²) >= 11 is 0. The number of hydrogen-bond donors (Lipinski definition) is 2. The van der Waals surface area contributed by atoms with Gasteiger partial charge in [0.1, 0.15) is 5.82 Å². The van der Waals surface area contributed by atoms with Crippen LogP contribution < -0.4 is 0 Å². The van der Waals surface area contributed by atoms with Crippen LogP contribution >= 0.6 is 0 Å². The first-order chi connectivity index (χ1) is 8.76. The van der Waals surface area contributed by atoms with Gasteiger partial charge < -0.3 is 15.0 Å². The second-order valence-corrected chi connectivity index (χ2v) is 4.73. The normalized spacial score (nSPS) is 19.9. The quantitative estimate of drug-likeness (QED) is 0.844. The molecule has 1 atom stereocenters. The van der Waals surface area contributed by atoms with Crippen molar-refractivity contribution >= 4 is 16.9 Å². The number of amides is 1. The van der Waals surface area contributed by atoms with E-state index in [1.807, 2.05) is 24.3 Å². The van der Waals surface area contributed by atoms with Gasteiger partial charge in [0.2, 0.25) is 5.91 Å². The summed E-state index contributed by atoms with van der Waals surface area (Å²) in [5, 5.41) is 9.08. The molecule has 2 N–H and O–H groups in total. The molecule has 0 saturated carbocycles. The van der Waals surface area contributed by atoms with Gasteiger partial charge in [-0.2, -0.15) is 0 Å². The highest BCUT2D eigenvalue weighted by atomic mass is 16.3. The number of hydrogen-bond acceptors (Lipinski definition) is 3. The third-order valence-corrected chi connectivity index (χ3v) is 3.33. The van der Waals surface area contributed by atoms with E-state index in [1.54, 1.807) is 4.90 Å². The van der Waals surface area contributed by atoms with Crippen LogP contribution in [0.2, 0.25) is 0 Å². The lowest BCUT2D eigenvalue weighted by Gasteiger charge is -2.14. The molecule has 0 radical (unpaired) electrons. The summed E-state index contributed by atoms with van der Waals surface area (Å²) in [6.45, 7) is 1.18. The predicted molar refractivity (Wildman–Crippen MR) is 66.7 cm³/mol. The Kier molecular flexibility index (Phi) is 2.76. The second-order valence-electron chi connectivity index (χ2n) is 4.73. The second kappa shape index (κ2) is 4.42. The number of rotatable bonds is 3. The van der Waals surface area contributed by atoms with Crippen molar-refractivity contribution in [3.05, 3.63) is 30.1 Å². The highest BCUT2D eigenvalue weighted by Crippen LogP contribution is 2.19. The van der Waals surface area contributed by atoms with Crippen molar-refractivity contribution in [2.24, 2.45) is 5.92 Å². The van der Waals surface area contributed by atoms with Crippen LogP contribution in [-0.2, 0) is 11.3 Å². The molecule has 1 fully saturated rings. The molecule has 3 rings (SSSR count). The molecule has 18 heavy (non-hydrogen) atoms. The lowest BCUT2D eigenvalue weighted by Crippen LogP contribution is -2.25. The minimum atomic E-state index is 0.0712. The van der Waals surface area contributed by atoms with Gasteiger partial charge in [0, 0.05) is 25.5 Å². The minimum Gasteiger partial charge on any atom is -0.396 e. The number of imidazole rings is 1. The fraction of sp³-hybridized carbons (Fsp3) is 0.385. The van der Waals surface area contributed by atoms with Gasteiger partial charge in [0.15, 0.2) is 0 Å². The monoisotopic (exact) mass is 245 g/mol. The van der Waals surface area contributed by atoms with E-state index >= 15 is 0 Å². The average molecular weight is 245 g/mol. The van der Waals surface area contributed by atoms with E-state index in [-0.39, 0.29) is 18.4 Å². The first kappa shape index (κ1) is 11.2. The Morgan fingerprint density at radius 1 is 1.44 bits per heavy atom. The average Bonchev–Trinajstić information content (AvgIpc) is 2.93. The van der Waals surface area contributed by atoms with Crippen LogP contribution in [0.25, 0.3) is 11.0 Å². The molecule has 5 heteroatoms. The zero-order chi connectivity index (χ0) is 12.5. The van der Waals surface area contributed by atoms with Crippen LogP contribution in [0.3, 0.4) is 0 Å². The minimum absolute atomic E-state index is 0.0712. The first-order valence-electron chi connectivity index (χ1n) is 6.08. The van der Waals surface area contributed by atoms with Crippen LogP contribution in [0.4, 0.5) is 0 Å². The SMILES string of the molecule is O=C1CC(CO)CN1Cc1nc2ccccc2[nH]1. The summed E-state index contributed by atoms with van der Waals surface area (Å²) in [5.74, 6) is 0.958. The smallest absolute Gasteiger partial charge is 0.223 e. The number of likely N-dealkylation sites (tertiary alicyclic amines) is 1. The highest BCUT2D eigenvalue weighted by Gasteiger charge is 2.29. The Hall–Kier alpha value is -1.88. The molecule has 1 unspecified atom stereocenters. The van der Waals surface area contributed by atoms with Gasteiger partial charge in [0.25, 0.3) is 0 Å². The molecule has 0 bridgehead atoms. The van der Waals surface area contributed by atoms with E-state index in [4.69, 9.17) is 5.11 Å². The molecule has 1 aromatic heterocycles. The number of aliphatic hydroxyl groups excluding tert-OH is 1. The molecule has 1 aliphatic heterocycles. The number of benzene rings is 1. The molecule has 5 nitrogen and oxygen atoms in total. The molecule has 1 aliphatic rings. The van der Waals surface area contributed by atoms with Gasteiger partial charge in [-0.3, -0.25) is 4.79 Å². The van der Waals surface area contributed by atoms with Crippen molar-refractivity contribution in [3.8, 4) is 0 Å². The van der Waals surface area contributed by atoms with Crippen LogP contribution in [0.5, 0.6) is 0 Å². The maximum absolute atomic E-state index is 11.7. The van der Waals surface area contributed by atoms with Crippen molar-refractivity contribution < 1.29 is 9.90 Å². The van der Waals surface area contributed by atoms with Crippen molar-refractivity contribution in [3.63, 3.8) is 0 Å². The Labute approximate surface area is 104 Å². The van der Waals surface area contributed by atoms with Gasteiger partial charge in [0.05, 0.1) is 17.6 Å². The molecule has 0 spiro atoms. The third-order valence-electron chi connectivity index (χ3n) is 3.33. The van der Waals surface area contributed by atoms with Crippen LogP contribution in [0.1, 0.15) is 12.2 Å². The van der Waals surface area contributed by atoms with Gasteiger partial charge in [-0.05, 0) is 12.1 Å². The number of aromatic nitrogens is 2. The number of carbonyl (C=O) groups excluding carboxylic acids is 1. The Morgan fingerprint density at radius 2 is 2.28 bits per heavy atom. The molecule has 1 amide bonds. The van der Waals surface area contributed by atoms with E-state index in [2.05, 4.69) is 9.97 Å². The number of nitrogens with one attached hydrogen (secondary N) is 1.